The summed E-state index contributed by atoms with van der Waals surface area (Å²) in [5, 5.41) is 2.89. The average Bonchev–Trinajstić information content (AvgIpc) is 2.69. The van der Waals surface area contributed by atoms with E-state index in [4.69, 9.17) is 4.74 Å². The van der Waals surface area contributed by atoms with Crippen molar-refractivity contribution in [1.29, 1.82) is 0 Å². The molecule has 1 fully saturated rings. The van der Waals surface area contributed by atoms with E-state index in [1.165, 1.54) is 7.11 Å². The Balaban J connectivity index is 2.03. The van der Waals surface area contributed by atoms with Gasteiger partial charge in [-0.1, -0.05) is 0 Å². The Bertz CT molecular complexity index is 700. The molecule has 1 aliphatic heterocycles. The van der Waals surface area contributed by atoms with Crippen LogP contribution >= 0.6 is 0 Å². The first-order valence-corrected chi connectivity index (χ1v) is 9.44. The van der Waals surface area contributed by atoms with Crippen molar-refractivity contribution in [2.45, 2.75) is 33.6 Å². The van der Waals surface area contributed by atoms with Gasteiger partial charge in [-0.2, -0.15) is 0 Å². The van der Waals surface area contributed by atoms with Gasteiger partial charge in [0.1, 0.15) is 0 Å². The normalized spacial score (nSPS) is 16.6. The van der Waals surface area contributed by atoms with E-state index >= 15 is 0 Å². The number of esters is 1. The highest BCUT2D eigenvalue weighted by Crippen LogP contribution is 2.22. The number of methoxy groups -OCH3 is 1. The summed E-state index contributed by atoms with van der Waals surface area (Å²) in [6.07, 6.45) is 1.62. The molecule has 0 radical (unpaired) electrons. The van der Waals surface area contributed by atoms with Crippen LogP contribution in [0.4, 0.5) is 10.5 Å². The molecule has 1 unspecified atom stereocenters. The molecule has 1 saturated heterocycles. The molecule has 0 spiro atoms. The summed E-state index contributed by atoms with van der Waals surface area (Å²) in [4.78, 5) is 40.4. The summed E-state index contributed by atoms with van der Waals surface area (Å²) in [6.45, 7) is 8.19. The van der Waals surface area contributed by atoms with Crippen LogP contribution in [0.25, 0.3) is 0 Å². The van der Waals surface area contributed by atoms with Gasteiger partial charge in [0.2, 0.25) is 5.91 Å². The van der Waals surface area contributed by atoms with Gasteiger partial charge in [0.25, 0.3) is 0 Å². The molecule has 1 aromatic carbocycles. The number of nitrogens with zero attached hydrogens (tertiary/aromatic N) is 2. The third-order valence-corrected chi connectivity index (χ3v) is 5.02. The number of anilines is 1. The predicted molar refractivity (Wildman–Crippen MR) is 104 cm³/mol. The Kier molecular flexibility index (Phi) is 7.21. The number of nitrogens with one attached hydrogen (secondary N) is 1. The molecular formula is C20H29N3O4. The lowest BCUT2D eigenvalue weighted by Gasteiger charge is -2.34. The van der Waals surface area contributed by atoms with Crippen LogP contribution in [0.2, 0.25) is 0 Å². The maximum Gasteiger partial charge on any atom is 0.337 e. The second kappa shape index (κ2) is 9.39. The summed E-state index contributed by atoms with van der Waals surface area (Å²) < 4.78 is 4.71. The smallest absolute Gasteiger partial charge is 0.337 e. The number of likely N-dealkylation sites (tertiary alicyclic amines) is 1. The highest BCUT2D eigenvalue weighted by molar-refractivity contribution is 5.93. The Hall–Kier alpha value is -2.57. The van der Waals surface area contributed by atoms with Crippen LogP contribution in [0.3, 0.4) is 0 Å². The van der Waals surface area contributed by atoms with E-state index < -0.39 is 5.97 Å². The van der Waals surface area contributed by atoms with E-state index in [-0.39, 0.29) is 17.9 Å². The van der Waals surface area contributed by atoms with Crippen molar-refractivity contribution in [3.63, 3.8) is 0 Å². The van der Waals surface area contributed by atoms with Crippen LogP contribution < -0.4 is 5.32 Å². The first-order valence-electron chi connectivity index (χ1n) is 9.44. The van der Waals surface area contributed by atoms with Crippen LogP contribution in [-0.2, 0) is 9.53 Å². The molecule has 1 atom stereocenters. The van der Waals surface area contributed by atoms with Crippen LogP contribution in [0, 0.1) is 12.8 Å². The zero-order valence-corrected chi connectivity index (χ0v) is 16.6. The van der Waals surface area contributed by atoms with E-state index in [9.17, 15) is 14.4 Å². The molecule has 7 heteroatoms. The van der Waals surface area contributed by atoms with Crippen molar-refractivity contribution < 1.29 is 19.1 Å². The lowest BCUT2D eigenvalue weighted by atomic mass is 9.96. The van der Waals surface area contributed by atoms with Gasteiger partial charge < -0.3 is 19.9 Å². The fourth-order valence-electron chi connectivity index (χ4n) is 3.40. The van der Waals surface area contributed by atoms with Gasteiger partial charge in [0, 0.05) is 31.9 Å². The molecule has 3 amide bonds. The Morgan fingerprint density at radius 1 is 1.26 bits per heavy atom. The maximum absolute atomic E-state index is 12.7. The standard InChI is InChI=1S/C20H29N3O4/c1-5-22(6-2)18(24)16-8-7-11-23(13-16)20(26)21-17-10-9-15(12-14(17)3)19(25)27-4/h9-10,12,16H,5-8,11,13H2,1-4H3,(H,21,26). The van der Waals surface area contributed by atoms with Crippen LogP contribution in [0.1, 0.15) is 42.6 Å². The minimum atomic E-state index is -0.412. The fourth-order valence-corrected chi connectivity index (χ4v) is 3.40. The minimum absolute atomic E-state index is 0.121. The molecule has 1 heterocycles. The molecule has 1 N–H and O–H groups in total. The number of hydrogen-bond donors (Lipinski definition) is 1. The minimum Gasteiger partial charge on any atom is -0.465 e. The quantitative estimate of drug-likeness (QED) is 0.803. The highest BCUT2D eigenvalue weighted by atomic mass is 16.5. The van der Waals surface area contributed by atoms with Crippen molar-refractivity contribution >= 4 is 23.6 Å². The summed E-state index contributed by atoms with van der Waals surface area (Å²) in [5.74, 6) is -0.437. The second-order valence-electron chi connectivity index (χ2n) is 6.75. The van der Waals surface area contributed by atoms with Gasteiger partial charge in [0.05, 0.1) is 18.6 Å². The molecule has 27 heavy (non-hydrogen) atoms. The zero-order valence-electron chi connectivity index (χ0n) is 16.6. The van der Waals surface area contributed by atoms with Crippen LogP contribution in [-0.4, -0.2) is 61.0 Å². The lowest BCUT2D eigenvalue weighted by Crippen LogP contribution is -2.48. The molecule has 0 saturated carbocycles. The molecule has 148 valence electrons. The molecule has 2 rings (SSSR count). The van der Waals surface area contributed by atoms with Gasteiger partial charge >= 0.3 is 12.0 Å². The number of amides is 3. The molecule has 1 aliphatic rings. The zero-order chi connectivity index (χ0) is 20.0. The van der Waals surface area contributed by atoms with Crippen molar-refractivity contribution in [3.05, 3.63) is 29.3 Å². The Labute approximate surface area is 160 Å². The molecule has 0 aromatic heterocycles. The number of carbonyl (C=O) groups is 3. The van der Waals surface area contributed by atoms with E-state index in [1.807, 2.05) is 25.7 Å². The number of benzene rings is 1. The number of urea groups is 1. The summed E-state index contributed by atoms with van der Waals surface area (Å²) in [6, 6.07) is 4.78. The van der Waals surface area contributed by atoms with Gasteiger partial charge in [-0.15, -0.1) is 0 Å². The highest BCUT2D eigenvalue weighted by Gasteiger charge is 2.30. The van der Waals surface area contributed by atoms with Crippen LogP contribution in [0.5, 0.6) is 0 Å². The van der Waals surface area contributed by atoms with Crippen molar-refractivity contribution in [1.82, 2.24) is 9.80 Å². The number of rotatable bonds is 5. The summed E-state index contributed by atoms with van der Waals surface area (Å²) >= 11 is 0. The topological polar surface area (TPSA) is 79.0 Å². The van der Waals surface area contributed by atoms with Crippen molar-refractivity contribution in [2.24, 2.45) is 5.92 Å². The maximum atomic E-state index is 12.7. The van der Waals surface area contributed by atoms with E-state index in [0.717, 1.165) is 18.4 Å². The molecule has 1 aromatic rings. The largest absolute Gasteiger partial charge is 0.465 e. The van der Waals surface area contributed by atoms with E-state index in [0.29, 0.717) is 37.4 Å². The molecule has 7 nitrogen and oxygen atoms in total. The first kappa shape index (κ1) is 20.7. The number of ether oxygens (including phenoxy) is 1. The van der Waals surface area contributed by atoms with Gasteiger partial charge in [-0.05, 0) is 57.4 Å². The predicted octanol–water partition coefficient (Wildman–Crippen LogP) is 2.89. The van der Waals surface area contributed by atoms with Crippen molar-refractivity contribution in [3.8, 4) is 0 Å². The lowest BCUT2D eigenvalue weighted by molar-refractivity contribution is -0.136. The number of hydrogen-bond acceptors (Lipinski definition) is 4. The van der Waals surface area contributed by atoms with E-state index in [1.54, 1.807) is 23.1 Å². The molecule has 0 aliphatic carbocycles. The number of aryl methyl sites for hydroxylation is 1. The number of piperidine rings is 1. The van der Waals surface area contributed by atoms with Crippen LogP contribution in [0.15, 0.2) is 18.2 Å². The third-order valence-electron chi connectivity index (χ3n) is 5.02. The average molecular weight is 375 g/mol. The van der Waals surface area contributed by atoms with Crippen molar-refractivity contribution in [2.75, 3.05) is 38.6 Å². The third kappa shape index (κ3) is 4.99. The fraction of sp³-hybridized carbons (Fsp3) is 0.550. The Morgan fingerprint density at radius 2 is 1.96 bits per heavy atom. The molecular weight excluding hydrogens is 346 g/mol. The van der Waals surface area contributed by atoms with Gasteiger partial charge in [-0.25, -0.2) is 9.59 Å². The monoisotopic (exact) mass is 375 g/mol. The molecule has 0 bridgehead atoms. The number of carbonyl (C=O) groups excluding carboxylic acids is 3. The SMILES string of the molecule is CCN(CC)C(=O)C1CCCN(C(=O)Nc2ccc(C(=O)OC)cc2C)C1. The second-order valence-corrected chi connectivity index (χ2v) is 6.75. The van der Waals surface area contributed by atoms with Gasteiger partial charge in [-0.3, -0.25) is 4.79 Å². The summed E-state index contributed by atoms with van der Waals surface area (Å²) in [5.41, 5.74) is 1.86. The van der Waals surface area contributed by atoms with E-state index in [2.05, 4.69) is 5.32 Å². The van der Waals surface area contributed by atoms with Gasteiger partial charge in [0.15, 0.2) is 0 Å². The Morgan fingerprint density at radius 3 is 2.56 bits per heavy atom. The summed E-state index contributed by atoms with van der Waals surface area (Å²) in [7, 11) is 1.33. The first-order chi connectivity index (χ1) is 12.9.